The van der Waals surface area contributed by atoms with Crippen molar-refractivity contribution >= 4 is 5.91 Å². The molecule has 1 amide bonds. The zero-order valence-corrected chi connectivity index (χ0v) is 12.3. The molecule has 0 aliphatic heterocycles. The van der Waals surface area contributed by atoms with Gasteiger partial charge < -0.3 is 10.6 Å². The van der Waals surface area contributed by atoms with E-state index in [9.17, 15) is 4.79 Å². The second-order valence-corrected chi connectivity index (χ2v) is 5.42. The molecule has 3 heteroatoms. The van der Waals surface area contributed by atoms with Crippen LogP contribution in [0, 0.1) is 5.41 Å². The number of carbonyl (C=O) groups is 1. The maximum atomic E-state index is 12.5. The molecule has 1 atom stereocenters. The van der Waals surface area contributed by atoms with Crippen molar-refractivity contribution in [1.29, 1.82) is 0 Å². The van der Waals surface area contributed by atoms with Crippen molar-refractivity contribution in [3.63, 3.8) is 0 Å². The van der Waals surface area contributed by atoms with Gasteiger partial charge in [0.25, 0.3) is 0 Å². The smallest absolute Gasteiger partial charge is 0.230 e. The second-order valence-electron chi connectivity index (χ2n) is 5.42. The Hall–Kier alpha value is -0.570. The van der Waals surface area contributed by atoms with Crippen LogP contribution in [0.1, 0.15) is 60.3 Å². The Morgan fingerprint density at radius 1 is 1.29 bits per heavy atom. The summed E-state index contributed by atoms with van der Waals surface area (Å²) in [6, 6.07) is 0.261. The predicted molar refractivity (Wildman–Crippen MR) is 73.8 cm³/mol. The van der Waals surface area contributed by atoms with Gasteiger partial charge in [0, 0.05) is 19.1 Å². The van der Waals surface area contributed by atoms with Gasteiger partial charge in [-0.1, -0.05) is 26.7 Å². The van der Waals surface area contributed by atoms with Gasteiger partial charge >= 0.3 is 0 Å². The Morgan fingerprint density at radius 2 is 1.88 bits per heavy atom. The summed E-state index contributed by atoms with van der Waals surface area (Å²) in [7, 11) is 0. The normalized spacial score (nSPS) is 14.8. The summed E-state index contributed by atoms with van der Waals surface area (Å²) in [6.45, 7) is 11.6. The molecule has 3 nitrogen and oxygen atoms in total. The van der Waals surface area contributed by atoms with E-state index in [1.807, 2.05) is 18.7 Å². The fourth-order valence-electron chi connectivity index (χ4n) is 1.86. The van der Waals surface area contributed by atoms with Gasteiger partial charge in [0.05, 0.1) is 5.41 Å². The molecule has 0 aromatic rings. The van der Waals surface area contributed by atoms with E-state index in [0.717, 1.165) is 19.4 Å². The third-order valence-corrected chi connectivity index (χ3v) is 3.63. The molecule has 0 spiro atoms. The molecule has 0 saturated heterocycles. The maximum Gasteiger partial charge on any atom is 0.230 e. The lowest BCUT2D eigenvalue weighted by atomic mass is 9.85. The minimum absolute atomic E-state index is 0.216. The summed E-state index contributed by atoms with van der Waals surface area (Å²) in [5.74, 6) is 0.216. The van der Waals surface area contributed by atoms with E-state index < -0.39 is 5.41 Å². The lowest BCUT2D eigenvalue weighted by molar-refractivity contribution is -0.142. The van der Waals surface area contributed by atoms with Crippen LogP contribution in [0.3, 0.4) is 0 Å². The van der Waals surface area contributed by atoms with Crippen molar-refractivity contribution in [1.82, 2.24) is 4.90 Å². The van der Waals surface area contributed by atoms with Crippen molar-refractivity contribution in [3.8, 4) is 0 Å². The molecule has 2 N–H and O–H groups in total. The van der Waals surface area contributed by atoms with Crippen LogP contribution in [0.15, 0.2) is 0 Å². The Balaban J connectivity index is 4.64. The predicted octanol–water partition coefficient (Wildman–Crippen LogP) is 2.79. The van der Waals surface area contributed by atoms with Gasteiger partial charge in [0.1, 0.15) is 0 Å². The zero-order chi connectivity index (χ0) is 13.5. The zero-order valence-electron chi connectivity index (χ0n) is 12.3. The van der Waals surface area contributed by atoms with Crippen LogP contribution < -0.4 is 5.73 Å². The maximum absolute atomic E-state index is 12.5. The number of nitrogens with zero attached hydrogens (tertiary/aromatic N) is 1. The highest BCUT2D eigenvalue weighted by molar-refractivity contribution is 5.82. The van der Waals surface area contributed by atoms with Crippen LogP contribution >= 0.6 is 0 Å². The van der Waals surface area contributed by atoms with E-state index in [0.29, 0.717) is 6.54 Å². The standard InChI is InChI=1S/C14H30N2O/c1-6-8-9-10-16(12(3)4)13(17)14(5,7-2)11-15/h12H,6-11,15H2,1-5H3. The third-order valence-electron chi connectivity index (χ3n) is 3.63. The molecule has 1 unspecified atom stereocenters. The van der Waals surface area contributed by atoms with Crippen molar-refractivity contribution < 1.29 is 4.79 Å². The van der Waals surface area contributed by atoms with Gasteiger partial charge in [-0.25, -0.2) is 0 Å². The highest BCUT2D eigenvalue weighted by Crippen LogP contribution is 2.24. The molecule has 0 aromatic heterocycles. The van der Waals surface area contributed by atoms with E-state index >= 15 is 0 Å². The summed E-state index contributed by atoms with van der Waals surface area (Å²) in [4.78, 5) is 14.5. The molecule has 17 heavy (non-hydrogen) atoms. The first-order chi connectivity index (χ1) is 7.92. The molecular formula is C14H30N2O. The highest BCUT2D eigenvalue weighted by Gasteiger charge is 2.34. The lowest BCUT2D eigenvalue weighted by Crippen LogP contribution is -2.49. The fraction of sp³-hybridized carbons (Fsp3) is 0.929. The molecule has 0 saturated carbocycles. The summed E-state index contributed by atoms with van der Waals surface area (Å²) in [5.41, 5.74) is 5.37. The van der Waals surface area contributed by atoms with Gasteiger partial charge in [-0.15, -0.1) is 0 Å². The van der Waals surface area contributed by atoms with Crippen LogP contribution in [0.4, 0.5) is 0 Å². The van der Waals surface area contributed by atoms with E-state index in [4.69, 9.17) is 5.73 Å². The van der Waals surface area contributed by atoms with E-state index in [1.54, 1.807) is 0 Å². The Labute approximate surface area is 107 Å². The Morgan fingerprint density at radius 3 is 2.24 bits per heavy atom. The summed E-state index contributed by atoms with van der Waals surface area (Å²) < 4.78 is 0. The number of unbranched alkanes of at least 4 members (excludes halogenated alkanes) is 2. The molecule has 0 heterocycles. The second kappa shape index (κ2) is 7.70. The molecule has 0 bridgehead atoms. The van der Waals surface area contributed by atoms with Crippen LogP contribution in [-0.4, -0.2) is 29.9 Å². The molecular weight excluding hydrogens is 212 g/mol. The SMILES string of the molecule is CCCCCN(C(=O)C(C)(CC)CN)C(C)C. The van der Waals surface area contributed by atoms with Crippen molar-refractivity contribution in [2.75, 3.05) is 13.1 Å². The Bertz CT molecular complexity index is 222. The fourth-order valence-corrected chi connectivity index (χ4v) is 1.86. The summed E-state index contributed by atoms with van der Waals surface area (Å²) in [5, 5.41) is 0. The quantitative estimate of drug-likeness (QED) is 0.665. The number of nitrogens with two attached hydrogens (primary N) is 1. The van der Waals surface area contributed by atoms with Crippen LogP contribution in [-0.2, 0) is 4.79 Å². The molecule has 0 aromatic carbocycles. The number of carbonyl (C=O) groups excluding carboxylic acids is 1. The van der Waals surface area contributed by atoms with Crippen molar-refractivity contribution in [3.05, 3.63) is 0 Å². The van der Waals surface area contributed by atoms with Gasteiger partial charge in [-0.2, -0.15) is 0 Å². The van der Waals surface area contributed by atoms with Gasteiger partial charge in [-0.05, 0) is 33.6 Å². The largest absolute Gasteiger partial charge is 0.340 e. The van der Waals surface area contributed by atoms with Crippen LogP contribution in [0.2, 0.25) is 0 Å². The third kappa shape index (κ3) is 4.66. The van der Waals surface area contributed by atoms with Crippen LogP contribution in [0.25, 0.3) is 0 Å². The molecule has 0 aliphatic rings. The number of amides is 1. The van der Waals surface area contributed by atoms with Crippen molar-refractivity contribution in [2.45, 2.75) is 66.3 Å². The van der Waals surface area contributed by atoms with Gasteiger partial charge in [0.15, 0.2) is 0 Å². The Kier molecular flexibility index (Phi) is 7.44. The first-order valence-corrected chi connectivity index (χ1v) is 6.94. The number of hydrogen-bond donors (Lipinski definition) is 1. The average Bonchev–Trinajstić information content (AvgIpc) is 2.32. The highest BCUT2D eigenvalue weighted by atomic mass is 16.2. The summed E-state index contributed by atoms with van der Waals surface area (Å²) in [6.07, 6.45) is 4.26. The molecule has 0 aliphatic carbocycles. The van der Waals surface area contributed by atoms with Gasteiger partial charge in [-0.3, -0.25) is 4.79 Å². The van der Waals surface area contributed by atoms with E-state index in [1.165, 1.54) is 12.8 Å². The van der Waals surface area contributed by atoms with E-state index in [2.05, 4.69) is 20.8 Å². The molecule has 102 valence electrons. The van der Waals surface area contributed by atoms with E-state index in [-0.39, 0.29) is 11.9 Å². The number of hydrogen-bond acceptors (Lipinski definition) is 2. The monoisotopic (exact) mass is 242 g/mol. The number of rotatable bonds is 8. The lowest BCUT2D eigenvalue weighted by Gasteiger charge is -2.35. The molecule has 0 radical (unpaired) electrons. The summed E-state index contributed by atoms with van der Waals surface area (Å²) >= 11 is 0. The van der Waals surface area contributed by atoms with Crippen LogP contribution in [0.5, 0.6) is 0 Å². The van der Waals surface area contributed by atoms with Crippen molar-refractivity contribution in [2.24, 2.45) is 11.1 Å². The first-order valence-electron chi connectivity index (χ1n) is 6.94. The molecule has 0 rings (SSSR count). The minimum Gasteiger partial charge on any atom is -0.340 e. The first kappa shape index (κ1) is 16.4. The average molecular weight is 242 g/mol. The topological polar surface area (TPSA) is 46.3 Å². The minimum atomic E-state index is -0.392. The van der Waals surface area contributed by atoms with Gasteiger partial charge in [0.2, 0.25) is 5.91 Å². The molecule has 0 fully saturated rings.